The molecule has 18 heavy (non-hydrogen) atoms. The van der Waals surface area contributed by atoms with Crippen LogP contribution < -0.4 is 10.1 Å². The summed E-state index contributed by atoms with van der Waals surface area (Å²) in [6, 6.07) is 18.2. The Morgan fingerprint density at radius 3 is 2.56 bits per heavy atom. The first-order chi connectivity index (χ1) is 8.83. The van der Waals surface area contributed by atoms with Gasteiger partial charge in [0.1, 0.15) is 5.75 Å². The van der Waals surface area contributed by atoms with Gasteiger partial charge in [0.2, 0.25) is 0 Å². The van der Waals surface area contributed by atoms with E-state index < -0.39 is 0 Å². The van der Waals surface area contributed by atoms with Gasteiger partial charge in [-0.15, -0.1) is 6.58 Å². The first kappa shape index (κ1) is 12.2. The molecule has 0 fully saturated rings. The molecule has 0 spiro atoms. The number of methoxy groups -OCH3 is 1. The quantitative estimate of drug-likeness (QED) is 0.795. The second-order valence-electron chi connectivity index (χ2n) is 4.00. The number of benzene rings is 2. The molecule has 0 unspecified atom stereocenters. The lowest BCUT2D eigenvalue weighted by Crippen LogP contribution is -2.07. The van der Waals surface area contributed by atoms with Crippen molar-refractivity contribution in [3.63, 3.8) is 0 Å². The largest absolute Gasteiger partial charge is 0.497 e. The van der Waals surface area contributed by atoms with Gasteiger partial charge in [-0.05, 0) is 17.7 Å². The average Bonchev–Trinajstić information content (AvgIpc) is 2.46. The smallest absolute Gasteiger partial charge is 0.120 e. The van der Waals surface area contributed by atoms with E-state index in [9.17, 15) is 0 Å². The molecule has 0 aliphatic carbocycles. The van der Waals surface area contributed by atoms with E-state index in [0.29, 0.717) is 0 Å². The Morgan fingerprint density at radius 2 is 1.89 bits per heavy atom. The van der Waals surface area contributed by atoms with Gasteiger partial charge >= 0.3 is 0 Å². The lowest BCUT2D eigenvalue weighted by Gasteiger charge is -2.17. The van der Waals surface area contributed by atoms with Crippen LogP contribution in [0.3, 0.4) is 0 Å². The second-order valence-corrected chi connectivity index (χ2v) is 4.00. The lowest BCUT2D eigenvalue weighted by atomic mass is 10.1. The highest BCUT2D eigenvalue weighted by atomic mass is 16.5. The van der Waals surface area contributed by atoms with Gasteiger partial charge in [-0.2, -0.15) is 0 Å². The van der Waals surface area contributed by atoms with Crippen molar-refractivity contribution >= 4 is 5.69 Å². The summed E-state index contributed by atoms with van der Waals surface area (Å²) in [5.41, 5.74) is 2.21. The second kappa shape index (κ2) is 5.92. The molecule has 1 atom stereocenters. The van der Waals surface area contributed by atoms with Crippen molar-refractivity contribution < 1.29 is 4.74 Å². The monoisotopic (exact) mass is 239 g/mol. The molecule has 2 heteroatoms. The molecular weight excluding hydrogens is 222 g/mol. The van der Waals surface area contributed by atoms with Crippen LogP contribution in [0.1, 0.15) is 11.6 Å². The molecule has 2 aromatic rings. The first-order valence-corrected chi connectivity index (χ1v) is 5.91. The summed E-state index contributed by atoms with van der Waals surface area (Å²) >= 11 is 0. The fourth-order valence-electron chi connectivity index (χ4n) is 1.83. The maximum atomic E-state index is 5.21. The maximum absolute atomic E-state index is 5.21. The summed E-state index contributed by atoms with van der Waals surface area (Å²) in [5.74, 6) is 0.843. The predicted octanol–water partition coefficient (Wildman–Crippen LogP) is 4.03. The Bertz CT molecular complexity index is 508. The number of nitrogens with one attached hydrogen (secondary N) is 1. The van der Waals surface area contributed by atoms with Crippen LogP contribution in [0.4, 0.5) is 5.69 Å². The van der Waals surface area contributed by atoms with Crippen LogP contribution in [0, 0.1) is 0 Å². The van der Waals surface area contributed by atoms with Gasteiger partial charge in [0.15, 0.2) is 0 Å². The van der Waals surface area contributed by atoms with Crippen LogP contribution in [0.25, 0.3) is 0 Å². The van der Waals surface area contributed by atoms with Crippen LogP contribution in [0.2, 0.25) is 0 Å². The minimum absolute atomic E-state index is 0.0957. The SMILES string of the molecule is C=C[C@@H](Nc1cccc(OC)c1)c1ccccc1. The zero-order valence-electron chi connectivity index (χ0n) is 10.5. The molecule has 0 bridgehead atoms. The van der Waals surface area contributed by atoms with Gasteiger partial charge < -0.3 is 10.1 Å². The van der Waals surface area contributed by atoms with E-state index in [2.05, 4.69) is 24.0 Å². The highest BCUT2D eigenvalue weighted by molar-refractivity contribution is 5.50. The van der Waals surface area contributed by atoms with E-state index in [0.717, 1.165) is 11.4 Å². The van der Waals surface area contributed by atoms with Gasteiger partial charge in [0, 0.05) is 11.8 Å². The summed E-state index contributed by atoms with van der Waals surface area (Å²) in [5, 5.41) is 3.42. The highest BCUT2D eigenvalue weighted by Crippen LogP contribution is 2.23. The molecule has 1 N–H and O–H groups in total. The molecule has 0 radical (unpaired) electrons. The summed E-state index contributed by atoms with van der Waals surface area (Å²) in [7, 11) is 1.67. The van der Waals surface area contributed by atoms with E-state index in [1.54, 1.807) is 7.11 Å². The van der Waals surface area contributed by atoms with Gasteiger partial charge in [0.05, 0.1) is 13.2 Å². The Kier molecular flexibility index (Phi) is 4.02. The van der Waals surface area contributed by atoms with Gasteiger partial charge in [-0.1, -0.05) is 42.5 Å². The van der Waals surface area contributed by atoms with Crippen molar-refractivity contribution in [1.82, 2.24) is 0 Å². The molecule has 0 aliphatic heterocycles. The third kappa shape index (κ3) is 2.92. The normalized spacial score (nSPS) is 11.6. The molecule has 0 aliphatic rings. The third-order valence-corrected chi connectivity index (χ3v) is 2.79. The van der Waals surface area contributed by atoms with Crippen LogP contribution in [0.15, 0.2) is 67.3 Å². The van der Waals surface area contributed by atoms with Crippen molar-refractivity contribution in [3.05, 3.63) is 72.8 Å². The van der Waals surface area contributed by atoms with E-state index in [1.807, 2.05) is 48.5 Å². The topological polar surface area (TPSA) is 21.3 Å². The molecule has 0 saturated carbocycles. The zero-order valence-corrected chi connectivity index (χ0v) is 10.5. The number of hydrogen-bond donors (Lipinski definition) is 1. The Morgan fingerprint density at radius 1 is 1.11 bits per heavy atom. The average molecular weight is 239 g/mol. The number of rotatable bonds is 5. The summed E-state index contributed by atoms with van der Waals surface area (Å²) in [6.45, 7) is 3.88. The molecule has 2 aromatic carbocycles. The molecule has 0 aromatic heterocycles. The predicted molar refractivity (Wildman–Crippen MR) is 76.0 cm³/mol. The zero-order chi connectivity index (χ0) is 12.8. The van der Waals surface area contributed by atoms with Crippen molar-refractivity contribution in [3.8, 4) is 5.75 Å². The fourth-order valence-corrected chi connectivity index (χ4v) is 1.83. The molecule has 0 amide bonds. The van der Waals surface area contributed by atoms with E-state index in [1.165, 1.54) is 5.56 Å². The van der Waals surface area contributed by atoms with Crippen LogP contribution in [0.5, 0.6) is 5.75 Å². The summed E-state index contributed by atoms with van der Waals surface area (Å²) in [6.07, 6.45) is 1.90. The van der Waals surface area contributed by atoms with Gasteiger partial charge in [-0.25, -0.2) is 0 Å². The number of anilines is 1. The minimum Gasteiger partial charge on any atom is -0.497 e. The van der Waals surface area contributed by atoms with Crippen molar-refractivity contribution in [2.24, 2.45) is 0 Å². The molecule has 2 nitrogen and oxygen atoms in total. The number of hydrogen-bond acceptors (Lipinski definition) is 2. The molecule has 0 heterocycles. The van der Waals surface area contributed by atoms with E-state index >= 15 is 0 Å². The maximum Gasteiger partial charge on any atom is 0.120 e. The Hall–Kier alpha value is -2.22. The van der Waals surface area contributed by atoms with E-state index in [4.69, 9.17) is 4.74 Å². The minimum atomic E-state index is 0.0957. The standard InChI is InChI=1S/C16H17NO/c1-3-16(13-8-5-4-6-9-13)17-14-10-7-11-15(12-14)18-2/h3-12,16-17H,1H2,2H3/t16-/m1/s1. The fraction of sp³-hybridized carbons (Fsp3) is 0.125. The van der Waals surface area contributed by atoms with E-state index in [-0.39, 0.29) is 6.04 Å². The Balaban J connectivity index is 2.18. The number of ether oxygens (including phenoxy) is 1. The summed E-state index contributed by atoms with van der Waals surface area (Å²) in [4.78, 5) is 0. The van der Waals surface area contributed by atoms with Gasteiger partial charge in [0.25, 0.3) is 0 Å². The van der Waals surface area contributed by atoms with Gasteiger partial charge in [-0.3, -0.25) is 0 Å². The lowest BCUT2D eigenvalue weighted by molar-refractivity contribution is 0.415. The molecule has 92 valence electrons. The summed E-state index contributed by atoms with van der Waals surface area (Å²) < 4.78 is 5.21. The van der Waals surface area contributed by atoms with Crippen LogP contribution in [-0.2, 0) is 0 Å². The van der Waals surface area contributed by atoms with Crippen LogP contribution >= 0.6 is 0 Å². The van der Waals surface area contributed by atoms with Crippen molar-refractivity contribution in [2.75, 3.05) is 12.4 Å². The van der Waals surface area contributed by atoms with Crippen LogP contribution in [-0.4, -0.2) is 7.11 Å². The molecule has 0 saturated heterocycles. The highest BCUT2D eigenvalue weighted by Gasteiger charge is 2.06. The van der Waals surface area contributed by atoms with Crippen molar-refractivity contribution in [1.29, 1.82) is 0 Å². The Labute approximate surface area is 108 Å². The van der Waals surface area contributed by atoms with Crippen molar-refractivity contribution in [2.45, 2.75) is 6.04 Å². The molecule has 2 rings (SSSR count). The first-order valence-electron chi connectivity index (χ1n) is 5.91. The molecular formula is C16H17NO. The third-order valence-electron chi connectivity index (χ3n) is 2.79.